The minimum Gasteiger partial charge on any atom is -0.379 e. The van der Waals surface area contributed by atoms with Crippen LogP contribution >= 0.6 is 0 Å². The Labute approximate surface area is 118 Å². The van der Waals surface area contributed by atoms with E-state index in [1.54, 1.807) is 18.2 Å². The molecule has 0 heterocycles. The molecule has 1 aliphatic rings. The number of benzene rings is 1. The fourth-order valence-corrected chi connectivity index (χ4v) is 3.06. The van der Waals surface area contributed by atoms with Gasteiger partial charge in [0.15, 0.2) is 0 Å². The Morgan fingerprint density at radius 2 is 2.00 bits per heavy atom. The minimum absolute atomic E-state index is 0.0132. The summed E-state index contributed by atoms with van der Waals surface area (Å²) in [5.74, 6) is 5.35. The largest absolute Gasteiger partial charge is 0.379 e. The molecule has 2 rings (SSSR count). The molecule has 0 saturated heterocycles. The zero-order valence-corrected chi connectivity index (χ0v) is 11.8. The molecule has 20 heavy (non-hydrogen) atoms. The molecule has 6 heteroatoms. The van der Waals surface area contributed by atoms with E-state index in [1.807, 2.05) is 0 Å². The van der Waals surface area contributed by atoms with Crippen molar-refractivity contribution in [1.29, 1.82) is 0 Å². The van der Waals surface area contributed by atoms with Crippen molar-refractivity contribution in [2.24, 2.45) is 11.3 Å². The first-order valence-corrected chi connectivity index (χ1v) is 7.10. The molecule has 1 aromatic carbocycles. The quantitative estimate of drug-likeness (QED) is 0.422. The van der Waals surface area contributed by atoms with Crippen LogP contribution in [0.4, 0.5) is 17.1 Å². The van der Waals surface area contributed by atoms with Crippen LogP contribution in [0.1, 0.15) is 39.0 Å². The monoisotopic (exact) mass is 278 g/mol. The zero-order chi connectivity index (χ0) is 14.6. The number of nitrogens with one attached hydrogen (secondary N) is 2. The Balaban J connectivity index is 2.19. The molecule has 1 fully saturated rings. The summed E-state index contributed by atoms with van der Waals surface area (Å²) in [6.07, 6.45) is 5.99. The van der Waals surface area contributed by atoms with Gasteiger partial charge in [-0.15, -0.1) is 0 Å². The number of nitro groups is 1. The smallest absolute Gasteiger partial charge is 0.316 e. The SMILES string of the molecule is CCC1(CNc2cccc(NN)c2[N+](=O)[O-])CCCC1. The lowest BCUT2D eigenvalue weighted by Gasteiger charge is -2.28. The van der Waals surface area contributed by atoms with Crippen molar-refractivity contribution in [2.45, 2.75) is 39.0 Å². The van der Waals surface area contributed by atoms with Crippen molar-refractivity contribution in [1.82, 2.24) is 0 Å². The molecule has 4 N–H and O–H groups in total. The van der Waals surface area contributed by atoms with E-state index in [9.17, 15) is 10.1 Å². The first kappa shape index (κ1) is 14.6. The highest BCUT2D eigenvalue weighted by Crippen LogP contribution is 2.42. The number of nitrogens with zero attached hydrogens (tertiary/aromatic N) is 1. The van der Waals surface area contributed by atoms with Crippen LogP contribution in [0.3, 0.4) is 0 Å². The van der Waals surface area contributed by atoms with Gasteiger partial charge in [-0.2, -0.15) is 0 Å². The second kappa shape index (κ2) is 6.09. The Morgan fingerprint density at radius 1 is 1.35 bits per heavy atom. The van der Waals surface area contributed by atoms with Crippen LogP contribution in [-0.4, -0.2) is 11.5 Å². The van der Waals surface area contributed by atoms with Gasteiger partial charge in [-0.25, -0.2) is 0 Å². The highest BCUT2D eigenvalue weighted by atomic mass is 16.6. The lowest BCUT2D eigenvalue weighted by atomic mass is 9.83. The van der Waals surface area contributed by atoms with Crippen molar-refractivity contribution >= 4 is 17.1 Å². The van der Waals surface area contributed by atoms with Crippen LogP contribution < -0.4 is 16.6 Å². The molecule has 0 radical (unpaired) electrons. The summed E-state index contributed by atoms with van der Waals surface area (Å²) in [5.41, 5.74) is 3.54. The van der Waals surface area contributed by atoms with Crippen molar-refractivity contribution in [3.05, 3.63) is 28.3 Å². The standard InChI is InChI=1S/C14H22N4O2/c1-2-14(8-3-4-9-14)10-16-11-6-5-7-12(17-15)13(11)18(19)20/h5-7,16-17H,2-4,8-10,15H2,1H3. The Bertz CT molecular complexity index is 484. The van der Waals surface area contributed by atoms with Gasteiger partial charge in [-0.1, -0.05) is 25.8 Å². The molecular formula is C14H22N4O2. The number of nitro benzene ring substituents is 1. The van der Waals surface area contributed by atoms with Crippen molar-refractivity contribution in [2.75, 3.05) is 17.3 Å². The average molecular weight is 278 g/mol. The summed E-state index contributed by atoms with van der Waals surface area (Å²) in [6.45, 7) is 2.97. The predicted molar refractivity (Wildman–Crippen MR) is 80.6 cm³/mol. The van der Waals surface area contributed by atoms with Gasteiger partial charge in [0.1, 0.15) is 11.4 Å². The van der Waals surface area contributed by atoms with Gasteiger partial charge < -0.3 is 10.7 Å². The number of hydrogen-bond donors (Lipinski definition) is 3. The lowest BCUT2D eigenvalue weighted by molar-refractivity contribution is -0.383. The third-order valence-electron chi connectivity index (χ3n) is 4.44. The van der Waals surface area contributed by atoms with Crippen LogP contribution in [0, 0.1) is 15.5 Å². The average Bonchev–Trinajstić information content (AvgIpc) is 2.93. The molecule has 0 aliphatic heterocycles. The van der Waals surface area contributed by atoms with Crippen LogP contribution in [0.2, 0.25) is 0 Å². The number of hydrazine groups is 1. The van der Waals surface area contributed by atoms with Gasteiger partial charge in [0.25, 0.3) is 0 Å². The third kappa shape index (κ3) is 2.85. The second-order valence-electron chi connectivity index (χ2n) is 5.52. The third-order valence-corrected chi connectivity index (χ3v) is 4.44. The highest BCUT2D eigenvalue weighted by Gasteiger charge is 2.32. The minimum atomic E-state index is -0.398. The van der Waals surface area contributed by atoms with Crippen LogP contribution in [0.25, 0.3) is 0 Å². The Hall–Kier alpha value is -1.82. The molecule has 0 aromatic heterocycles. The van der Waals surface area contributed by atoms with Crippen LogP contribution in [0.5, 0.6) is 0 Å². The van der Waals surface area contributed by atoms with E-state index >= 15 is 0 Å². The molecule has 1 aromatic rings. The number of nitrogens with two attached hydrogens (primary N) is 1. The van der Waals surface area contributed by atoms with Gasteiger partial charge in [0.2, 0.25) is 0 Å². The lowest BCUT2D eigenvalue weighted by Crippen LogP contribution is -2.26. The summed E-state index contributed by atoms with van der Waals surface area (Å²) < 4.78 is 0. The molecule has 0 amide bonds. The molecule has 1 saturated carbocycles. The fraction of sp³-hybridized carbons (Fsp3) is 0.571. The van der Waals surface area contributed by atoms with E-state index in [4.69, 9.17) is 5.84 Å². The van der Waals surface area contributed by atoms with Gasteiger partial charge in [0.05, 0.1) is 4.92 Å². The normalized spacial score (nSPS) is 16.9. The van der Waals surface area contributed by atoms with E-state index in [2.05, 4.69) is 17.7 Å². The molecule has 1 aliphatic carbocycles. The van der Waals surface area contributed by atoms with E-state index in [-0.39, 0.29) is 11.1 Å². The van der Waals surface area contributed by atoms with Gasteiger partial charge in [-0.3, -0.25) is 16.0 Å². The predicted octanol–water partition coefficient (Wildman–Crippen LogP) is 3.26. The van der Waals surface area contributed by atoms with Crippen molar-refractivity contribution in [3.63, 3.8) is 0 Å². The maximum absolute atomic E-state index is 11.2. The maximum Gasteiger partial charge on any atom is 0.316 e. The first-order chi connectivity index (χ1) is 9.62. The van der Waals surface area contributed by atoms with E-state index in [0.29, 0.717) is 11.4 Å². The number of para-hydroxylation sites is 1. The summed E-state index contributed by atoms with van der Waals surface area (Å²) >= 11 is 0. The summed E-state index contributed by atoms with van der Waals surface area (Å²) in [7, 11) is 0. The zero-order valence-electron chi connectivity index (χ0n) is 11.8. The Kier molecular flexibility index (Phi) is 4.44. The number of anilines is 2. The van der Waals surface area contributed by atoms with Crippen LogP contribution in [0.15, 0.2) is 18.2 Å². The molecule has 110 valence electrons. The van der Waals surface area contributed by atoms with Gasteiger partial charge in [0, 0.05) is 6.54 Å². The van der Waals surface area contributed by atoms with Gasteiger partial charge in [-0.05, 0) is 36.8 Å². The molecule has 0 atom stereocenters. The molecule has 6 nitrogen and oxygen atoms in total. The highest BCUT2D eigenvalue weighted by molar-refractivity contribution is 5.75. The Morgan fingerprint density at radius 3 is 2.55 bits per heavy atom. The first-order valence-electron chi connectivity index (χ1n) is 7.10. The number of hydrogen-bond acceptors (Lipinski definition) is 5. The molecule has 0 unspecified atom stereocenters. The molecule has 0 bridgehead atoms. The maximum atomic E-state index is 11.2. The van der Waals surface area contributed by atoms with E-state index < -0.39 is 4.92 Å². The fourth-order valence-electron chi connectivity index (χ4n) is 3.06. The van der Waals surface area contributed by atoms with E-state index in [0.717, 1.165) is 13.0 Å². The van der Waals surface area contributed by atoms with Crippen molar-refractivity contribution < 1.29 is 4.92 Å². The molecular weight excluding hydrogens is 256 g/mol. The number of rotatable bonds is 6. The molecule has 0 spiro atoms. The summed E-state index contributed by atoms with van der Waals surface area (Å²) in [6, 6.07) is 5.10. The van der Waals surface area contributed by atoms with Crippen molar-refractivity contribution in [3.8, 4) is 0 Å². The van der Waals surface area contributed by atoms with Crippen LogP contribution in [-0.2, 0) is 0 Å². The summed E-state index contributed by atoms with van der Waals surface area (Å²) in [4.78, 5) is 10.8. The van der Waals surface area contributed by atoms with Gasteiger partial charge >= 0.3 is 5.69 Å². The number of nitrogen functional groups attached to an aromatic ring is 1. The topological polar surface area (TPSA) is 93.2 Å². The second-order valence-corrected chi connectivity index (χ2v) is 5.52. The summed E-state index contributed by atoms with van der Waals surface area (Å²) in [5, 5.41) is 14.5. The van der Waals surface area contributed by atoms with E-state index in [1.165, 1.54) is 25.7 Å².